The molecule has 2 amide bonds. The number of nitrogens with one attached hydrogen (secondary N) is 1. The van der Waals surface area contributed by atoms with Crippen LogP contribution in [0.3, 0.4) is 0 Å². The minimum atomic E-state index is -0.196. The lowest BCUT2D eigenvalue weighted by Gasteiger charge is -2.18. The van der Waals surface area contributed by atoms with Crippen molar-refractivity contribution in [2.24, 2.45) is 11.8 Å². The van der Waals surface area contributed by atoms with E-state index in [1.165, 1.54) is 10.9 Å². The number of rotatable bonds is 7. The van der Waals surface area contributed by atoms with E-state index in [0.717, 1.165) is 19.5 Å². The van der Waals surface area contributed by atoms with Crippen LogP contribution in [0.5, 0.6) is 0 Å². The Morgan fingerprint density at radius 2 is 2.08 bits per heavy atom. The number of amides is 2. The summed E-state index contributed by atoms with van der Waals surface area (Å²) in [4.78, 5) is 26.1. The van der Waals surface area contributed by atoms with Crippen molar-refractivity contribution >= 4 is 22.7 Å². The molecule has 0 bridgehead atoms. The van der Waals surface area contributed by atoms with E-state index >= 15 is 0 Å². The molecule has 1 aliphatic rings. The lowest BCUT2D eigenvalue weighted by Crippen LogP contribution is -2.34. The topological polar surface area (TPSA) is 54.3 Å². The number of fused-ring (bicyclic) bond motifs is 1. The smallest absolute Gasteiger partial charge is 0.225 e. The van der Waals surface area contributed by atoms with Crippen LogP contribution in [0.15, 0.2) is 36.5 Å². The highest BCUT2D eigenvalue weighted by Crippen LogP contribution is 2.19. The van der Waals surface area contributed by atoms with Gasteiger partial charge in [-0.1, -0.05) is 32.0 Å². The molecule has 25 heavy (non-hydrogen) atoms. The highest BCUT2D eigenvalue weighted by molar-refractivity contribution is 5.89. The number of hydrogen-bond donors (Lipinski definition) is 1. The Kier molecular flexibility index (Phi) is 5.41. The van der Waals surface area contributed by atoms with Gasteiger partial charge in [-0.3, -0.25) is 9.59 Å². The van der Waals surface area contributed by atoms with Crippen molar-refractivity contribution in [3.63, 3.8) is 0 Å². The number of likely N-dealkylation sites (tertiary alicyclic amines) is 1. The summed E-state index contributed by atoms with van der Waals surface area (Å²) >= 11 is 0. The second-order valence-electron chi connectivity index (χ2n) is 7.31. The fourth-order valence-corrected chi connectivity index (χ4v) is 3.51. The average molecular weight is 341 g/mol. The molecule has 0 spiro atoms. The lowest BCUT2D eigenvalue weighted by atomic mass is 10.1. The van der Waals surface area contributed by atoms with Crippen molar-refractivity contribution < 1.29 is 9.59 Å². The molecule has 0 saturated carbocycles. The summed E-state index contributed by atoms with van der Waals surface area (Å²) in [6, 6.07) is 10.4. The van der Waals surface area contributed by atoms with Gasteiger partial charge in [0.15, 0.2) is 0 Å². The van der Waals surface area contributed by atoms with Crippen LogP contribution in [0, 0.1) is 11.8 Å². The standard InChI is InChI=1S/C20H27N3O2/c1-15(2)13-23-14-17(12-19(23)24)20(25)21-9-5-10-22-11-8-16-6-3-4-7-18(16)22/h3-4,6-8,11,15,17H,5,9-10,12-14H2,1-2H3,(H,21,25)/t17-/m1/s1. The van der Waals surface area contributed by atoms with E-state index in [4.69, 9.17) is 0 Å². The summed E-state index contributed by atoms with van der Waals surface area (Å²) in [5, 5.41) is 4.24. The van der Waals surface area contributed by atoms with Gasteiger partial charge in [-0.05, 0) is 29.9 Å². The highest BCUT2D eigenvalue weighted by atomic mass is 16.2. The van der Waals surface area contributed by atoms with Crippen molar-refractivity contribution in [2.75, 3.05) is 19.6 Å². The Morgan fingerprint density at radius 1 is 1.28 bits per heavy atom. The Morgan fingerprint density at radius 3 is 2.88 bits per heavy atom. The van der Waals surface area contributed by atoms with Crippen LogP contribution in [0.25, 0.3) is 10.9 Å². The fourth-order valence-electron chi connectivity index (χ4n) is 3.51. The Hall–Kier alpha value is -2.30. The largest absolute Gasteiger partial charge is 0.356 e. The molecule has 1 fully saturated rings. The van der Waals surface area contributed by atoms with Gasteiger partial charge in [-0.2, -0.15) is 0 Å². The third-order valence-corrected chi connectivity index (χ3v) is 4.73. The van der Waals surface area contributed by atoms with Gasteiger partial charge in [0.1, 0.15) is 0 Å². The van der Waals surface area contributed by atoms with Crippen molar-refractivity contribution in [3.05, 3.63) is 36.5 Å². The molecule has 1 aromatic carbocycles. The molecule has 134 valence electrons. The van der Waals surface area contributed by atoms with Crippen molar-refractivity contribution in [1.29, 1.82) is 0 Å². The van der Waals surface area contributed by atoms with E-state index in [1.807, 2.05) is 17.0 Å². The first-order chi connectivity index (χ1) is 12.0. The van der Waals surface area contributed by atoms with Crippen molar-refractivity contribution in [2.45, 2.75) is 33.2 Å². The van der Waals surface area contributed by atoms with Crippen LogP contribution in [-0.2, 0) is 16.1 Å². The SMILES string of the molecule is CC(C)CN1C[C@H](C(=O)NCCCn2ccc3ccccc32)CC1=O. The molecule has 2 heterocycles. The molecule has 0 aliphatic carbocycles. The molecule has 5 nitrogen and oxygen atoms in total. The number of benzene rings is 1. The van der Waals surface area contributed by atoms with Gasteiger partial charge in [0.05, 0.1) is 5.92 Å². The van der Waals surface area contributed by atoms with Crippen LogP contribution < -0.4 is 5.32 Å². The zero-order valence-electron chi connectivity index (χ0n) is 15.1. The third-order valence-electron chi connectivity index (χ3n) is 4.73. The van der Waals surface area contributed by atoms with Gasteiger partial charge >= 0.3 is 0 Å². The molecular formula is C20H27N3O2. The molecule has 1 aromatic heterocycles. The normalized spacial score (nSPS) is 17.6. The van der Waals surface area contributed by atoms with Crippen LogP contribution in [-0.4, -0.2) is 40.9 Å². The molecule has 1 aliphatic heterocycles. The average Bonchev–Trinajstić information content (AvgIpc) is 3.15. The molecule has 1 saturated heterocycles. The van der Waals surface area contributed by atoms with Crippen molar-refractivity contribution in [3.8, 4) is 0 Å². The number of carbonyl (C=O) groups excluding carboxylic acids is 2. The lowest BCUT2D eigenvalue weighted by molar-refractivity contribution is -0.129. The summed E-state index contributed by atoms with van der Waals surface area (Å²) in [5.74, 6) is 0.352. The zero-order valence-corrected chi connectivity index (χ0v) is 15.1. The minimum Gasteiger partial charge on any atom is -0.356 e. The molecule has 3 rings (SSSR count). The summed E-state index contributed by atoms with van der Waals surface area (Å²) in [5.41, 5.74) is 1.22. The number of carbonyl (C=O) groups is 2. The number of aryl methyl sites for hydroxylation is 1. The molecule has 5 heteroatoms. The maximum absolute atomic E-state index is 12.3. The monoisotopic (exact) mass is 341 g/mol. The molecule has 1 N–H and O–H groups in total. The van der Waals surface area contributed by atoms with Gasteiger partial charge in [-0.25, -0.2) is 0 Å². The summed E-state index contributed by atoms with van der Waals surface area (Å²) in [6.07, 6.45) is 3.31. The number of nitrogens with zero attached hydrogens (tertiary/aromatic N) is 2. The van der Waals surface area contributed by atoms with E-state index in [0.29, 0.717) is 25.4 Å². The van der Waals surface area contributed by atoms with Crippen LogP contribution in [0.2, 0.25) is 0 Å². The summed E-state index contributed by atoms with van der Waals surface area (Å²) in [7, 11) is 0. The predicted molar refractivity (Wildman–Crippen MR) is 99.1 cm³/mol. The van der Waals surface area contributed by atoms with E-state index in [-0.39, 0.29) is 17.7 Å². The number of aromatic nitrogens is 1. The van der Waals surface area contributed by atoms with Gasteiger partial charge in [0, 0.05) is 44.3 Å². The second kappa shape index (κ2) is 7.72. The fraction of sp³-hybridized carbons (Fsp3) is 0.500. The first-order valence-electron chi connectivity index (χ1n) is 9.14. The predicted octanol–water partition coefficient (Wildman–Crippen LogP) is 2.65. The minimum absolute atomic E-state index is 0.0111. The van der Waals surface area contributed by atoms with Gasteiger partial charge in [0.2, 0.25) is 11.8 Å². The Balaban J connectivity index is 1.43. The Bertz CT molecular complexity index is 750. The third kappa shape index (κ3) is 4.21. The van der Waals surface area contributed by atoms with Gasteiger partial charge in [-0.15, -0.1) is 0 Å². The summed E-state index contributed by atoms with van der Waals surface area (Å²) in [6.45, 7) is 6.99. The highest BCUT2D eigenvalue weighted by Gasteiger charge is 2.34. The second-order valence-corrected chi connectivity index (χ2v) is 7.31. The molecular weight excluding hydrogens is 314 g/mol. The maximum Gasteiger partial charge on any atom is 0.225 e. The van der Waals surface area contributed by atoms with Crippen molar-refractivity contribution in [1.82, 2.24) is 14.8 Å². The molecule has 0 unspecified atom stereocenters. The Labute approximate surface area is 149 Å². The number of para-hydroxylation sites is 1. The van der Waals surface area contributed by atoms with E-state index < -0.39 is 0 Å². The van der Waals surface area contributed by atoms with Crippen LogP contribution in [0.1, 0.15) is 26.7 Å². The van der Waals surface area contributed by atoms with Gasteiger partial charge in [0.25, 0.3) is 0 Å². The van der Waals surface area contributed by atoms with E-state index in [1.54, 1.807) is 0 Å². The van der Waals surface area contributed by atoms with Crippen LogP contribution >= 0.6 is 0 Å². The van der Waals surface area contributed by atoms with Crippen LogP contribution in [0.4, 0.5) is 0 Å². The quantitative estimate of drug-likeness (QED) is 0.787. The van der Waals surface area contributed by atoms with Gasteiger partial charge < -0.3 is 14.8 Å². The first kappa shape index (κ1) is 17.5. The van der Waals surface area contributed by atoms with E-state index in [9.17, 15) is 9.59 Å². The number of hydrogen-bond acceptors (Lipinski definition) is 2. The molecule has 1 atom stereocenters. The molecule has 0 radical (unpaired) electrons. The zero-order chi connectivity index (χ0) is 17.8. The van der Waals surface area contributed by atoms with E-state index in [2.05, 4.69) is 48.1 Å². The maximum atomic E-state index is 12.3. The first-order valence-corrected chi connectivity index (χ1v) is 9.14. The molecule has 2 aromatic rings. The summed E-state index contributed by atoms with van der Waals surface area (Å²) < 4.78 is 2.21.